The number of piperazine rings is 1. The van der Waals surface area contributed by atoms with Crippen LogP contribution in [0.2, 0.25) is 10.0 Å². The van der Waals surface area contributed by atoms with Crippen molar-refractivity contribution in [1.82, 2.24) is 14.2 Å². The Bertz CT molecular complexity index is 1280. The number of rotatable bonds is 4. The molecule has 4 rings (SSSR count). The Labute approximate surface area is 192 Å². The Morgan fingerprint density at radius 1 is 1.00 bits per heavy atom. The normalized spacial score (nSPS) is 15.2. The molecule has 0 bridgehead atoms. The van der Waals surface area contributed by atoms with Gasteiger partial charge in [0.15, 0.2) is 0 Å². The van der Waals surface area contributed by atoms with Crippen LogP contribution >= 0.6 is 34.5 Å². The lowest BCUT2D eigenvalue weighted by Crippen LogP contribution is -2.51. The number of aromatic amines is 1. The quantitative estimate of drug-likeness (QED) is 0.596. The van der Waals surface area contributed by atoms with Gasteiger partial charge in [0.25, 0.3) is 11.5 Å². The van der Waals surface area contributed by atoms with Crippen molar-refractivity contribution in [3.05, 3.63) is 73.8 Å². The number of amides is 1. The van der Waals surface area contributed by atoms with E-state index in [-0.39, 0.29) is 46.7 Å². The van der Waals surface area contributed by atoms with Gasteiger partial charge in [-0.15, -0.1) is 11.3 Å². The standard InChI is InChI=1S/C20H17Cl2N3O4S2/c21-14-3-1-5-17(18(14)22)31(28,29)25-10-8-24(9-11-25)20(27)13-6-7-15(23-19(13)26)16-4-2-12-30-16/h1-7,12H,8-11H2,(H,23,26). The molecule has 0 aliphatic carbocycles. The number of H-pyrrole nitrogens is 1. The lowest BCUT2D eigenvalue weighted by molar-refractivity contribution is 0.0696. The number of thiophene rings is 1. The molecule has 0 atom stereocenters. The Kier molecular flexibility index (Phi) is 6.23. The number of aromatic nitrogens is 1. The van der Waals surface area contributed by atoms with Crippen molar-refractivity contribution in [2.45, 2.75) is 4.90 Å². The highest BCUT2D eigenvalue weighted by molar-refractivity contribution is 7.89. The third kappa shape index (κ3) is 4.28. The largest absolute Gasteiger partial charge is 0.336 e. The van der Waals surface area contributed by atoms with Crippen molar-refractivity contribution < 1.29 is 13.2 Å². The van der Waals surface area contributed by atoms with Gasteiger partial charge >= 0.3 is 0 Å². The first-order chi connectivity index (χ1) is 14.8. The maximum atomic E-state index is 12.9. The summed E-state index contributed by atoms with van der Waals surface area (Å²) in [7, 11) is -3.86. The van der Waals surface area contributed by atoms with E-state index >= 15 is 0 Å². The van der Waals surface area contributed by atoms with Crippen LogP contribution in [0.25, 0.3) is 10.6 Å². The van der Waals surface area contributed by atoms with Crippen molar-refractivity contribution >= 4 is 50.5 Å². The Balaban J connectivity index is 1.48. The first kappa shape index (κ1) is 22.0. The summed E-state index contributed by atoms with van der Waals surface area (Å²) in [5.74, 6) is -0.434. The van der Waals surface area contributed by atoms with E-state index in [0.717, 1.165) is 4.88 Å². The molecule has 11 heteroatoms. The first-order valence-corrected chi connectivity index (χ1v) is 12.4. The predicted molar refractivity (Wildman–Crippen MR) is 122 cm³/mol. The fourth-order valence-corrected chi connectivity index (χ4v) is 6.21. The number of hydrogen-bond donors (Lipinski definition) is 1. The molecule has 0 saturated carbocycles. The molecular weight excluding hydrogens is 481 g/mol. The molecule has 31 heavy (non-hydrogen) atoms. The van der Waals surface area contributed by atoms with Gasteiger partial charge in [0.1, 0.15) is 10.5 Å². The Morgan fingerprint density at radius 2 is 1.74 bits per heavy atom. The molecule has 1 N–H and O–H groups in total. The SMILES string of the molecule is O=C(c1ccc(-c2cccs2)[nH]c1=O)N1CCN(S(=O)(=O)c2cccc(Cl)c2Cl)CC1. The summed E-state index contributed by atoms with van der Waals surface area (Å²) in [6.07, 6.45) is 0. The summed E-state index contributed by atoms with van der Waals surface area (Å²) in [6, 6.07) is 11.4. The van der Waals surface area contributed by atoms with Crippen molar-refractivity contribution in [2.24, 2.45) is 0 Å². The van der Waals surface area contributed by atoms with Crippen molar-refractivity contribution in [3.63, 3.8) is 0 Å². The molecule has 162 valence electrons. The Hall–Kier alpha value is -2.17. The molecule has 1 aliphatic heterocycles. The molecule has 0 radical (unpaired) electrons. The number of nitrogens with one attached hydrogen (secondary N) is 1. The second kappa shape index (κ2) is 8.76. The molecule has 1 amide bonds. The van der Waals surface area contributed by atoms with E-state index in [1.807, 2.05) is 17.5 Å². The number of sulfonamides is 1. The van der Waals surface area contributed by atoms with E-state index in [4.69, 9.17) is 23.2 Å². The number of pyridine rings is 1. The summed E-state index contributed by atoms with van der Waals surface area (Å²) in [4.78, 5) is 30.4. The van der Waals surface area contributed by atoms with Crippen LogP contribution in [0.15, 0.2) is 57.5 Å². The predicted octanol–water partition coefficient (Wildman–Crippen LogP) is 3.56. The fourth-order valence-electron chi connectivity index (χ4n) is 3.34. The van der Waals surface area contributed by atoms with Crippen molar-refractivity contribution in [1.29, 1.82) is 0 Å². The number of carbonyl (C=O) groups excluding carboxylic acids is 1. The zero-order chi connectivity index (χ0) is 22.2. The molecule has 3 heterocycles. The summed E-state index contributed by atoms with van der Waals surface area (Å²) in [5.41, 5.74) is 0.192. The van der Waals surface area contributed by atoms with Gasteiger partial charge in [-0.25, -0.2) is 8.42 Å². The molecule has 2 aromatic heterocycles. The molecule has 1 fully saturated rings. The lowest BCUT2D eigenvalue weighted by atomic mass is 10.2. The van der Waals surface area contributed by atoms with Gasteiger partial charge < -0.3 is 9.88 Å². The van der Waals surface area contributed by atoms with Crippen LogP contribution in [0.1, 0.15) is 10.4 Å². The number of nitrogens with zero attached hydrogens (tertiary/aromatic N) is 2. The van der Waals surface area contributed by atoms with E-state index in [1.54, 1.807) is 6.07 Å². The highest BCUT2D eigenvalue weighted by Gasteiger charge is 2.32. The monoisotopic (exact) mass is 497 g/mol. The summed E-state index contributed by atoms with van der Waals surface area (Å²) in [6.45, 7) is 0.481. The molecule has 1 aromatic carbocycles. The molecule has 0 spiro atoms. The number of halogens is 2. The van der Waals surface area contributed by atoms with Gasteiger partial charge in [-0.1, -0.05) is 35.3 Å². The summed E-state index contributed by atoms with van der Waals surface area (Å²) in [5, 5.41) is 2.03. The highest BCUT2D eigenvalue weighted by atomic mass is 35.5. The highest BCUT2D eigenvalue weighted by Crippen LogP contribution is 2.31. The van der Waals surface area contributed by atoms with Crippen molar-refractivity contribution in [2.75, 3.05) is 26.2 Å². The molecular formula is C20H17Cl2N3O4S2. The molecule has 3 aromatic rings. The second-order valence-corrected chi connectivity index (χ2v) is 10.5. The average Bonchev–Trinajstić information content (AvgIpc) is 3.30. The minimum Gasteiger partial charge on any atom is -0.336 e. The van der Waals surface area contributed by atoms with Gasteiger partial charge in [-0.3, -0.25) is 9.59 Å². The maximum absolute atomic E-state index is 12.9. The minimum atomic E-state index is -3.86. The van der Waals surface area contributed by atoms with Crippen LogP contribution in [0, 0.1) is 0 Å². The van der Waals surface area contributed by atoms with Crippen molar-refractivity contribution in [3.8, 4) is 10.6 Å². The number of benzene rings is 1. The van der Waals surface area contributed by atoms with Crippen LogP contribution in [-0.2, 0) is 10.0 Å². The molecule has 0 unspecified atom stereocenters. The van der Waals surface area contributed by atoms with Crippen LogP contribution in [0.5, 0.6) is 0 Å². The van der Waals surface area contributed by atoms with Crippen LogP contribution in [-0.4, -0.2) is 54.7 Å². The minimum absolute atomic E-state index is 0.0227. The van der Waals surface area contributed by atoms with Gasteiger partial charge in [0.05, 0.1) is 20.6 Å². The van der Waals surface area contributed by atoms with Gasteiger partial charge in [0.2, 0.25) is 10.0 Å². The molecule has 7 nitrogen and oxygen atoms in total. The third-order valence-corrected chi connectivity index (χ3v) is 8.76. The van der Waals surface area contributed by atoms with Gasteiger partial charge in [0, 0.05) is 26.2 Å². The Morgan fingerprint density at radius 3 is 2.39 bits per heavy atom. The lowest BCUT2D eigenvalue weighted by Gasteiger charge is -2.34. The number of hydrogen-bond acceptors (Lipinski definition) is 5. The van der Waals surface area contributed by atoms with Gasteiger partial charge in [-0.05, 0) is 35.7 Å². The zero-order valence-corrected chi connectivity index (χ0v) is 19.2. The second-order valence-electron chi connectivity index (χ2n) is 6.84. The topological polar surface area (TPSA) is 90.6 Å². The summed E-state index contributed by atoms with van der Waals surface area (Å²) < 4.78 is 27.1. The van der Waals surface area contributed by atoms with Crippen LogP contribution in [0.4, 0.5) is 0 Å². The number of carbonyl (C=O) groups is 1. The van der Waals surface area contributed by atoms with Gasteiger partial charge in [-0.2, -0.15) is 4.31 Å². The van der Waals surface area contributed by atoms with Crippen LogP contribution in [0.3, 0.4) is 0 Å². The zero-order valence-electron chi connectivity index (χ0n) is 16.0. The maximum Gasteiger partial charge on any atom is 0.261 e. The van der Waals surface area contributed by atoms with E-state index in [1.165, 1.54) is 44.8 Å². The summed E-state index contributed by atoms with van der Waals surface area (Å²) >= 11 is 13.5. The first-order valence-electron chi connectivity index (χ1n) is 9.29. The smallest absolute Gasteiger partial charge is 0.261 e. The molecule has 1 aliphatic rings. The third-order valence-electron chi connectivity index (χ3n) is 4.99. The average molecular weight is 498 g/mol. The van der Waals surface area contributed by atoms with Crippen LogP contribution < -0.4 is 5.56 Å². The molecule has 1 saturated heterocycles. The van der Waals surface area contributed by atoms with E-state index < -0.39 is 21.5 Å². The van der Waals surface area contributed by atoms with E-state index in [2.05, 4.69) is 4.98 Å². The van der Waals surface area contributed by atoms with E-state index in [9.17, 15) is 18.0 Å². The van der Waals surface area contributed by atoms with E-state index in [0.29, 0.717) is 5.69 Å². The fraction of sp³-hybridized carbons (Fsp3) is 0.200.